The summed E-state index contributed by atoms with van der Waals surface area (Å²) in [6.07, 6.45) is 8.35. The van der Waals surface area contributed by atoms with Crippen molar-refractivity contribution in [2.45, 2.75) is 77.8 Å². The van der Waals surface area contributed by atoms with E-state index in [9.17, 15) is 0 Å². The molecule has 1 N–H and O–H groups in total. The van der Waals surface area contributed by atoms with Gasteiger partial charge in [0.1, 0.15) is 0 Å². The van der Waals surface area contributed by atoms with Crippen LogP contribution in [0.1, 0.15) is 66.2 Å². The second-order valence-corrected chi connectivity index (χ2v) is 7.27. The zero-order valence-electron chi connectivity index (χ0n) is 13.5. The summed E-state index contributed by atoms with van der Waals surface area (Å²) in [5.74, 6) is 1.94. The molecular weight excluding hydrogens is 232 g/mol. The van der Waals surface area contributed by atoms with Crippen LogP contribution in [0.15, 0.2) is 0 Å². The lowest BCUT2D eigenvalue weighted by molar-refractivity contribution is 0.0584. The van der Waals surface area contributed by atoms with E-state index >= 15 is 0 Å². The molecule has 0 aromatic rings. The number of nitrogens with one attached hydrogen (secondary N) is 1. The summed E-state index contributed by atoms with van der Waals surface area (Å²) < 4.78 is 0. The Balaban J connectivity index is 1.90. The Morgan fingerprint density at radius 3 is 2.26 bits per heavy atom. The van der Waals surface area contributed by atoms with Gasteiger partial charge in [0, 0.05) is 31.2 Å². The first-order valence-electron chi connectivity index (χ1n) is 8.57. The molecule has 1 heterocycles. The highest BCUT2D eigenvalue weighted by Crippen LogP contribution is 2.31. The third kappa shape index (κ3) is 3.72. The van der Waals surface area contributed by atoms with Gasteiger partial charge in [-0.05, 0) is 44.4 Å². The summed E-state index contributed by atoms with van der Waals surface area (Å²) in [6, 6.07) is 0.713. The van der Waals surface area contributed by atoms with Crippen molar-refractivity contribution >= 4 is 0 Å². The minimum absolute atomic E-state index is 0.383. The van der Waals surface area contributed by atoms with Gasteiger partial charge in [0.15, 0.2) is 0 Å². The van der Waals surface area contributed by atoms with Crippen LogP contribution in [0.5, 0.6) is 0 Å². The molecule has 0 radical (unpaired) electrons. The quantitative estimate of drug-likeness (QED) is 0.835. The molecule has 19 heavy (non-hydrogen) atoms. The van der Waals surface area contributed by atoms with Crippen LogP contribution in [-0.4, -0.2) is 36.1 Å². The summed E-state index contributed by atoms with van der Waals surface area (Å²) in [6.45, 7) is 13.3. The SMILES string of the molecule is CCC1(CC)CN(CC2CCC(C)CC2)C(C)CN1. The molecule has 2 nitrogen and oxygen atoms in total. The first kappa shape index (κ1) is 15.3. The predicted octanol–water partition coefficient (Wildman–Crippen LogP) is 3.67. The van der Waals surface area contributed by atoms with E-state index in [-0.39, 0.29) is 0 Å². The van der Waals surface area contributed by atoms with Crippen LogP contribution in [0, 0.1) is 11.8 Å². The molecule has 1 saturated carbocycles. The van der Waals surface area contributed by atoms with Crippen molar-refractivity contribution in [2.75, 3.05) is 19.6 Å². The van der Waals surface area contributed by atoms with E-state index in [1.807, 2.05) is 0 Å². The molecule has 2 aliphatic rings. The molecule has 1 aliphatic carbocycles. The van der Waals surface area contributed by atoms with Crippen LogP contribution in [-0.2, 0) is 0 Å². The molecule has 2 heteroatoms. The number of piperazine rings is 1. The topological polar surface area (TPSA) is 15.3 Å². The van der Waals surface area contributed by atoms with Crippen LogP contribution >= 0.6 is 0 Å². The normalized spacial score (nSPS) is 36.3. The minimum atomic E-state index is 0.383. The van der Waals surface area contributed by atoms with Gasteiger partial charge in [-0.25, -0.2) is 0 Å². The van der Waals surface area contributed by atoms with Crippen LogP contribution in [0.25, 0.3) is 0 Å². The Bertz CT molecular complexity index is 264. The Kier molecular flexibility index (Phi) is 5.30. The van der Waals surface area contributed by atoms with Gasteiger partial charge in [-0.3, -0.25) is 4.90 Å². The van der Waals surface area contributed by atoms with Crippen molar-refractivity contribution < 1.29 is 0 Å². The van der Waals surface area contributed by atoms with Gasteiger partial charge in [0.25, 0.3) is 0 Å². The Morgan fingerprint density at radius 1 is 1.05 bits per heavy atom. The molecule has 0 spiro atoms. The molecule has 0 bridgehead atoms. The largest absolute Gasteiger partial charge is 0.308 e. The van der Waals surface area contributed by atoms with Gasteiger partial charge in [-0.15, -0.1) is 0 Å². The Morgan fingerprint density at radius 2 is 1.68 bits per heavy atom. The van der Waals surface area contributed by atoms with Crippen LogP contribution < -0.4 is 5.32 Å². The third-order valence-electron chi connectivity index (χ3n) is 5.88. The maximum atomic E-state index is 3.81. The monoisotopic (exact) mass is 266 g/mol. The molecule has 112 valence electrons. The Labute approximate surface area is 120 Å². The highest BCUT2D eigenvalue weighted by molar-refractivity contribution is 4.96. The van der Waals surface area contributed by atoms with E-state index in [2.05, 4.69) is 37.9 Å². The number of hydrogen-bond donors (Lipinski definition) is 1. The van der Waals surface area contributed by atoms with Crippen LogP contribution in [0.3, 0.4) is 0 Å². The molecule has 1 saturated heterocycles. The highest BCUT2D eigenvalue weighted by atomic mass is 15.2. The van der Waals surface area contributed by atoms with Gasteiger partial charge in [-0.2, -0.15) is 0 Å². The smallest absolute Gasteiger partial charge is 0.0304 e. The first-order chi connectivity index (χ1) is 9.08. The van der Waals surface area contributed by atoms with Gasteiger partial charge < -0.3 is 5.32 Å². The number of hydrogen-bond acceptors (Lipinski definition) is 2. The summed E-state index contributed by atoms with van der Waals surface area (Å²) in [5, 5.41) is 3.81. The van der Waals surface area contributed by atoms with E-state index in [0.717, 1.165) is 11.8 Å². The van der Waals surface area contributed by atoms with Gasteiger partial charge in [0.2, 0.25) is 0 Å². The van der Waals surface area contributed by atoms with Crippen molar-refractivity contribution in [2.24, 2.45) is 11.8 Å². The second kappa shape index (κ2) is 6.58. The molecule has 0 amide bonds. The minimum Gasteiger partial charge on any atom is -0.308 e. The predicted molar refractivity (Wildman–Crippen MR) is 83.5 cm³/mol. The average Bonchev–Trinajstić information content (AvgIpc) is 2.44. The molecular formula is C17H34N2. The zero-order chi connectivity index (χ0) is 13.9. The maximum Gasteiger partial charge on any atom is 0.0304 e. The molecule has 0 aromatic heterocycles. The van der Waals surface area contributed by atoms with E-state index < -0.39 is 0 Å². The fraction of sp³-hybridized carbons (Fsp3) is 1.00. The van der Waals surface area contributed by atoms with Gasteiger partial charge in [-0.1, -0.05) is 33.6 Å². The van der Waals surface area contributed by atoms with E-state index in [1.54, 1.807) is 0 Å². The summed E-state index contributed by atoms with van der Waals surface area (Å²) in [4.78, 5) is 2.78. The molecule has 1 unspecified atom stereocenters. The lowest BCUT2D eigenvalue weighted by Gasteiger charge is -2.48. The highest BCUT2D eigenvalue weighted by Gasteiger charge is 2.36. The third-order valence-corrected chi connectivity index (χ3v) is 5.88. The van der Waals surface area contributed by atoms with Crippen molar-refractivity contribution in [1.29, 1.82) is 0 Å². The van der Waals surface area contributed by atoms with E-state index in [0.29, 0.717) is 11.6 Å². The van der Waals surface area contributed by atoms with Crippen molar-refractivity contribution in [3.8, 4) is 0 Å². The molecule has 1 atom stereocenters. The zero-order valence-corrected chi connectivity index (χ0v) is 13.5. The molecule has 0 aromatic carbocycles. The molecule has 2 rings (SSSR count). The lowest BCUT2D eigenvalue weighted by atomic mass is 9.81. The van der Waals surface area contributed by atoms with Crippen molar-refractivity contribution in [3.63, 3.8) is 0 Å². The molecule has 2 fully saturated rings. The first-order valence-corrected chi connectivity index (χ1v) is 8.57. The van der Waals surface area contributed by atoms with Crippen molar-refractivity contribution in [3.05, 3.63) is 0 Å². The van der Waals surface area contributed by atoms with E-state index in [4.69, 9.17) is 0 Å². The number of rotatable bonds is 4. The standard InChI is InChI=1S/C17H34N2/c1-5-17(6-2)13-19(15(4)11-18-17)12-16-9-7-14(3)8-10-16/h14-16,18H,5-13H2,1-4H3. The fourth-order valence-electron chi connectivity index (χ4n) is 3.91. The second-order valence-electron chi connectivity index (χ2n) is 7.27. The van der Waals surface area contributed by atoms with E-state index in [1.165, 1.54) is 58.2 Å². The van der Waals surface area contributed by atoms with Gasteiger partial charge in [0.05, 0.1) is 0 Å². The lowest BCUT2D eigenvalue weighted by Crippen LogP contribution is -2.63. The van der Waals surface area contributed by atoms with Gasteiger partial charge >= 0.3 is 0 Å². The number of nitrogens with zero attached hydrogens (tertiary/aromatic N) is 1. The summed E-state index contributed by atoms with van der Waals surface area (Å²) in [7, 11) is 0. The summed E-state index contributed by atoms with van der Waals surface area (Å²) >= 11 is 0. The fourth-order valence-corrected chi connectivity index (χ4v) is 3.91. The molecule has 1 aliphatic heterocycles. The average molecular weight is 266 g/mol. The van der Waals surface area contributed by atoms with Crippen molar-refractivity contribution in [1.82, 2.24) is 10.2 Å². The van der Waals surface area contributed by atoms with Crippen LogP contribution in [0.2, 0.25) is 0 Å². The Hall–Kier alpha value is -0.0800. The maximum absolute atomic E-state index is 3.81. The van der Waals surface area contributed by atoms with Crippen LogP contribution in [0.4, 0.5) is 0 Å². The summed E-state index contributed by atoms with van der Waals surface area (Å²) in [5.41, 5.74) is 0.383.